The zero-order chi connectivity index (χ0) is 16.1. The zero-order valence-corrected chi connectivity index (χ0v) is 12.6. The number of hydrogen-bond acceptors (Lipinski definition) is 4. The Morgan fingerprint density at radius 1 is 1.59 bits per heavy atom. The van der Waals surface area contributed by atoms with Crippen LogP contribution in [0, 0.1) is 5.82 Å². The Labute approximate surface area is 132 Å². The van der Waals surface area contributed by atoms with Gasteiger partial charge in [0.2, 0.25) is 0 Å². The number of amides is 1. The summed E-state index contributed by atoms with van der Waals surface area (Å²) < 4.78 is 18.6. The molecule has 0 saturated carbocycles. The summed E-state index contributed by atoms with van der Waals surface area (Å²) in [5.41, 5.74) is 0. The van der Waals surface area contributed by atoms with E-state index in [1.54, 1.807) is 0 Å². The molecule has 1 aromatic carbocycles. The lowest BCUT2D eigenvalue weighted by Gasteiger charge is -2.20. The lowest BCUT2D eigenvalue weighted by atomic mass is 10.3. The van der Waals surface area contributed by atoms with Crippen LogP contribution < -0.4 is 10.1 Å². The Balaban J connectivity index is 1.73. The highest BCUT2D eigenvalue weighted by Crippen LogP contribution is 2.20. The lowest BCUT2D eigenvalue weighted by molar-refractivity contribution is 0.0750. The summed E-state index contributed by atoms with van der Waals surface area (Å²) in [7, 11) is 0. The second-order valence-electron chi connectivity index (χ2n) is 5.24. The highest BCUT2D eigenvalue weighted by Gasteiger charge is 2.25. The molecule has 3 N–H and O–H groups in total. The van der Waals surface area contributed by atoms with Gasteiger partial charge in [0.05, 0.1) is 5.02 Å². The van der Waals surface area contributed by atoms with Crippen molar-refractivity contribution in [3.05, 3.63) is 29.0 Å². The number of hydrogen-bond donors (Lipinski definition) is 3. The van der Waals surface area contributed by atoms with E-state index in [9.17, 15) is 14.3 Å². The molecule has 1 heterocycles. The topological polar surface area (TPSA) is 82.0 Å². The van der Waals surface area contributed by atoms with Gasteiger partial charge in [-0.25, -0.2) is 9.18 Å². The number of nitrogens with zero attached hydrogens (tertiary/aromatic N) is 1. The van der Waals surface area contributed by atoms with Crippen molar-refractivity contribution in [2.45, 2.75) is 18.6 Å². The number of likely N-dealkylation sites (tertiary alicyclic amines) is 1. The summed E-state index contributed by atoms with van der Waals surface area (Å²) in [5, 5.41) is 21.0. The second-order valence-corrected chi connectivity index (χ2v) is 5.64. The van der Waals surface area contributed by atoms with E-state index in [0.717, 1.165) is 6.07 Å². The molecule has 1 aliphatic rings. The van der Waals surface area contributed by atoms with Crippen LogP contribution in [0.1, 0.15) is 6.42 Å². The van der Waals surface area contributed by atoms with Crippen LogP contribution in [0.5, 0.6) is 5.75 Å². The molecule has 6 nitrogen and oxygen atoms in total. The smallest absolute Gasteiger partial charge is 0.404 e. The van der Waals surface area contributed by atoms with Crippen LogP contribution in [0.4, 0.5) is 9.18 Å². The van der Waals surface area contributed by atoms with Gasteiger partial charge in [-0.3, -0.25) is 4.90 Å². The number of benzene rings is 1. The maximum atomic E-state index is 13.2. The van der Waals surface area contributed by atoms with Gasteiger partial charge in [0.15, 0.2) is 0 Å². The molecule has 1 aliphatic heterocycles. The van der Waals surface area contributed by atoms with Crippen LogP contribution in [0.2, 0.25) is 5.02 Å². The van der Waals surface area contributed by atoms with E-state index in [1.165, 1.54) is 12.1 Å². The van der Waals surface area contributed by atoms with E-state index in [2.05, 4.69) is 5.32 Å². The minimum atomic E-state index is -1.04. The number of aliphatic hydroxyl groups excluding tert-OH is 1. The average Bonchev–Trinajstić information content (AvgIpc) is 2.86. The van der Waals surface area contributed by atoms with Gasteiger partial charge < -0.3 is 20.3 Å². The van der Waals surface area contributed by atoms with Crippen LogP contribution >= 0.6 is 11.6 Å². The maximum Gasteiger partial charge on any atom is 0.404 e. The van der Waals surface area contributed by atoms with Gasteiger partial charge >= 0.3 is 6.09 Å². The molecule has 2 unspecified atom stereocenters. The molecule has 1 aromatic rings. The summed E-state index contributed by atoms with van der Waals surface area (Å²) in [6, 6.07) is 3.97. The predicted octanol–water partition coefficient (Wildman–Crippen LogP) is 1.56. The molecule has 0 bridgehead atoms. The number of nitrogens with one attached hydrogen (secondary N) is 1. The van der Waals surface area contributed by atoms with E-state index in [-0.39, 0.29) is 17.7 Å². The Bertz CT molecular complexity index is 532. The normalized spacial score (nSPS) is 19.9. The second kappa shape index (κ2) is 7.62. The minimum absolute atomic E-state index is 0.0157. The van der Waals surface area contributed by atoms with Crippen LogP contribution in [0.15, 0.2) is 18.2 Å². The van der Waals surface area contributed by atoms with Gasteiger partial charge in [0.1, 0.15) is 24.3 Å². The molecule has 1 fully saturated rings. The van der Waals surface area contributed by atoms with Crippen LogP contribution in [-0.2, 0) is 0 Å². The molecular weight excluding hydrogens is 315 g/mol. The quantitative estimate of drug-likeness (QED) is 0.736. The molecule has 0 aliphatic carbocycles. The van der Waals surface area contributed by atoms with Crippen LogP contribution in [0.25, 0.3) is 0 Å². The third-order valence-electron chi connectivity index (χ3n) is 3.40. The fraction of sp³-hybridized carbons (Fsp3) is 0.500. The van der Waals surface area contributed by atoms with Gasteiger partial charge in [0.25, 0.3) is 0 Å². The van der Waals surface area contributed by atoms with Crippen molar-refractivity contribution >= 4 is 17.7 Å². The maximum absolute atomic E-state index is 13.2. The minimum Gasteiger partial charge on any atom is -0.491 e. The average molecular weight is 333 g/mol. The Morgan fingerprint density at radius 2 is 2.36 bits per heavy atom. The standard InChI is InChI=1S/C14H18ClFN2O4/c15-12-2-1-11(5-13(12)16)22-8-10(19)7-18-4-3-9(6-18)17-14(20)21/h1-2,5,9-10,17,19H,3-4,6-8H2,(H,20,21). The van der Waals surface area contributed by atoms with Gasteiger partial charge in [-0.05, 0) is 18.6 Å². The molecule has 2 rings (SSSR count). The first-order valence-corrected chi connectivity index (χ1v) is 7.29. The van der Waals surface area contributed by atoms with E-state index >= 15 is 0 Å². The summed E-state index contributed by atoms with van der Waals surface area (Å²) in [6.07, 6.45) is -1.08. The van der Waals surface area contributed by atoms with E-state index < -0.39 is 18.0 Å². The van der Waals surface area contributed by atoms with Crippen LogP contribution in [-0.4, -0.2) is 59.6 Å². The van der Waals surface area contributed by atoms with E-state index in [4.69, 9.17) is 21.4 Å². The van der Waals surface area contributed by atoms with Crippen molar-refractivity contribution in [1.29, 1.82) is 0 Å². The predicted molar refractivity (Wildman–Crippen MR) is 78.9 cm³/mol. The zero-order valence-electron chi connectivity index (χ0n) is 11.8. The molecule has 0 aromatic heterocycles. The monoisotopic (exact) mass is 332 g/mol. The van der Waals surface area contributed by atoms with Crippen molar-refractivity contribution in [3.8, 4) is 5.75 Å². The number of ether oxygens (including phenoxy) is 1. The van der Waals surface area contributed by atoms with Crippen molar-refractivity contribution in [2.24, 2.45) is 0 Å². The van der Waals surface area contributed by atoms with Crippen molar-refractivity contribution in [1.82, 2.24) is 10.2 Å². The third kappa shape index (κ3) is 5.01. The number of carboxylic acid groups (broad SMARTS) is 1. The van der Waals surface area contributed by atoms with Gasteiger partial charge in [-0.1, -0.05) is 11.6 Å². The van der Waals surface area contributed by atoms with Crippen molar-refractivity contribution in [2.75, 3.05) is 26.2 Å². The first-order chi connectivity index (χ1) is 10.4. The fourth-order valence-corrected chi connectivity index (χ4v) is 2.52. The van der Waals surface area contributed by atoms with E-state index in [0.29, 0.717) is 31.8 Å². The number of β-amino-alcohol motifs (C(OH)–C–C–N with tert-alkyl or cyclic N) is 1. The Hall–Kier alpha value is -1.57. The van der Waals surface area contributed by atoms with E-state index in [1.807, 2.05) is 4.90 Å². The molecular formula is C14H18ClFN2O4. The number of aliphatic hydroxyl groups is 1. The summed E-state index contributed by atoms with van der Waals surface area (Å²) in [5.74, 6) is -0.274. The molecule has 0 radical (unpaired) electrons. The van der Waals surface area contributed by atoms with Crippen molar-refractivity contribution < 1.29 is 24.1 Å². The molecule has 122 valence electrons. The number of carbonyl (C=O) groups is 1. The number of rotatable bonds is 6. The third-order valence-corrected chi connectivity index (χ3v) is 3.71. The van der Waals surface area contributed by atoms with Gasteiger partial charge in [-0.2, -0.15) is 0 Å². The van der Waals surface area contributed by atoms with Gasteiger partial charge in [-0.15, -0.1) is 0 Å². The molecule has 8 heteroatoms. The highest BCUT2D eigenvalue weighted by atomic mass is 35.5. The Morgan fingerprint density at radius 3 is 3.05 bits per heavy atom. The first kappa shape index (κ1) is 16.8. The SMILES string of the molecule is O=C(O)NC1CCN(CC(O)COc2ccc(Cl)c(F)c2)C1. The molecule has 1 saturated heterocycles. The van der Waals surface area contributed by atoms with Crippen molar-refractivity contribution in [3.63, 3.8) is 0 Å². The molecule has 1 amide bonds. The molecule has 22 heavy (non-hydrogen) atoms. The fourth-order valence-electron chi connectivity index (χ4n) is 2.40. The molecule has 2 atom stereocenters. The first-order valence-electron chi connectivity index (χ1n) is 6.92. The summed E-state index contributed by atoms with van der Waals surface area (Å²) in [6.45, 7) is 1.65. The highest BCUT2D eigenvalue weighted by molar-refractivity contribution is 6.30. The number of halogens is 2. The molecule has 0 spiro atoms. The summed E-state index contributed by atoms with van der Waals surface area (Å²) >= 11 is 5.57. The summed E-state index contributed by atoms with van der Waals surface area (Å²) in [4.78, 5) is 12.5. The lowest BCUT2D eigenvalue weighted by Crippen LogP contribution is -2.39. The largest absolute Gasteiger partial charge is 0.491 e. The van der Waals surface area contributed by atoms with Gasteiger partial charge in [0, 0.05) is 31.7 Å². The van der Waals surface area contributed by atoms with Crippen LogP contribution in [0.3, 0.4) is 0 Å². The Kier molecular flexibility index (Phi) is 5.82.